The second-order valence-corrected chi connectivity index (χ2v) is 6.00. The van der Waals surface area contributed by atoms with Crippen molar-refractivity contribution in [3.05, 3.63) is 22.4 Å². The number of rotatable bonds is 5. The van der Waals surface area contributed by atoms with Gasteiger partial charge in [-0.05, 0) is 31.7 Å². The number of carbonyl (C=O) groups excluding carboxylic acids is 1. The number of nitrogens with zero attached hydrogens (tertiary/aromatic N) is 1. The van der Waals surface area contributed by atoms with Crippen molar-refractivity contribution in [3.63, 3.8) is 0 Å². The molecule has 1 amide bonds. The molecule has 1 aromatic heterocycles. The number of carbonyl (C=O) groups is 1. The standard InChI is InChI=1S/C14H22N2O2S/c1-11-10-16(7-8-18-11)12(2)14(17)15-6-5-13-4-3-9-19-13/h3-4,9,11-12H,5-8,10H2,1-2H3,(H,15,17). The minimum atomic E-state index is -0.0744. The average Bonchev–Trinajstić information content (AvgIpc) is 2.91. The molecular weight excluding hydrogens is 260 g/mol. The zero-order valence-electron chi connectivity index (χ0n) is 11.6. The summed E-state index contributed by atoms with van der Waals surface area (Å²) in [6, 6.07) is 4.07. The third-order valence-electron chi connectivity index (χ3n) is 3.45. The lowest BCUT2D eigenvalue weighted by molar-refractivity contribution is -0.128. The third-order valence-corrected chi connectivity index (χ3v) is 4.39. The Balaban J connectivity index is 1.72. The number of morpholine rings is 1. The summed E-state index contributed by atoms with van der Waals surface area (Å²) in [6.45, 7) is 7.12. The van der Waals surface area contributed by atoms with E-state index in [1.54, 1.807) is 11.3 Å². The summed E-state index contributed by atoms with van der Waals surface area (Å²) in [5.41, 5.74) is 0. The molecule has 1 aliphatic rings. The maximum Gasteiger partial charge on any atom is 0.237 e. The largest absolute Gasteiger partial charge is 0.376 e. The highest BCUT2D eigenvalue weighted by atomic mass is 32.1. The Bertz CT molecular complexity index is 394. The van der Waals surface area contributed by atoms with Gasteiger partial charge in [-0.1, -0.05) is 6.07 Å². The first-order valence-electron chi connectivity index (χ1n) is 6.82. The van der Waals surface area contributed by atoms with E-state index in [4.69, 9.17) is 4.74 Å². The quantitative estimate of drug-likeness (QED) is 0.890. The zero-order valence-corrected chi connectivity index (χ0v) is 12.4. The second-order valence-electron chi connectivity index (χ2n) is 4.97. The molecule has 1 fully saturated rings. The summed E-state index contributed by atoms with van der Waals surface area (Å²) in [6.07, 6.45) is 1.13. The fourth-order valence-corrected chi connectivity index (χ4v) is 2.98. The van der Waals surface area contributed by atoms with Crippen LogP contribution in [0.5, 0.6) is 0 Å². The van der Waals surface area contributed by atoms with Crippen LogP contribution in [0.4, 0.5) is 0 Å². The van der Waals surface area contributed by atoms with E-state index in [0.29, 0.717) is 13.2 Å². The number of thiophene rings is 1. The van der Waals surface area contributed by atoms with Crippen molar-refractivity contribution in [2.24, 2.45) is 0 Å². The van der Waals surface area contributed by atoms with E-state index in [1.807, 2.05) is 19.9 Å². The van der Waals surface area contributed by atoms with E-state index in [1.165, 1.54) is 4.88 Å². The molecule has 2 heterocycles. The molecule has 1 aromatic rings. The molecule has 19 heavy (non-hydrogen) atoms. The highest BCUT2D eigenvalue weighted by Crippen LogP contribution is 2.10. The molecule has 1 N–H and O–H groups in total. The van der Waals surface area contributed by atoms with E-state index in [0.717, 1.165) is 19.5 Å². The van der Waals surface area contributed by atoms with E-state index >= 15 is 0 Å². The zero-order chi connectivity index (χ0) is 13.7. The molecule has 1 saturated heterocycles. The summed E-state index contributed by atoms with van der Waals surface area (Å²) in [5, 5.41) is 5.08. The van der Waals surface area contributed by atoms with Crippen molar-refractivity contribution in [3.8, 4) is 0 Å². The molecule has 0 radical (unpaired) electrons. The molecular formula is C14H22N2O2S. The van der Waals surface area contributed by atoms with Crippen LogP contribution in [0.3, 0.4) is 0 Å². The molecule has 2 rings (SSSR count). The Morgan fingerprint density at radius 3 is 3.21 bits per heavy atom. The summed E-state index contributed by atoms with van der Waals surface area (Å²) >= 11 is 1.73. The second kappa shape index (κ2) is 7.03. The van der Waals surface area contributed by atoms with Crippen LogP contribution in [-0.4, -0.2) is 49.2 Å². The van der Waals surface area contributed by atoms with Gasteiger partial charge in [0.15, 0.2) is 0 Å². The maximum absolute atomic E-state index is 12.1. The fourth-order valence-electron chi connectivity index (χ4n) is 2.27. The van der Waals surface area contributed by atoms with E-state index in [2.05, 4.69) is 21.7 Å². The Morgan fingerprint density at radius 2 is 2.53 bits per heavy atom. The number of hydrogen-bond donors (Lipinski definition) is 1. The fraction of sp³-hybridized carbons (Fsp3) is 0.643. The predicted octanol–water partition coefficient (Wildman–Crippen LogP) is 1.52. The molecule has 5 heteroatoms. The molecule has 0 aliphatic carbocycles. The van der Waals surface area contributed by atoms with Gasteiger partial charge in [0.25, 0.3) is 0 Å². The summed E-state index contributed by atoms with van der Waals surface area (Å²) < 4.78 is 5.50. The molecule has 4 nitrogen and oxygen atoms in total. The van der Waals surface area contributed by atoms with Gasteiger partial charge in [-0.25, -0.2) is 0 Å². The van der Waals surface area contributed by atoms with Crippen molar-refractivity contribution >= 4 is 17.2 Å². The monoisotopic (exact) mass is 282 g/mol. The topological polar surface area (TPSA) is 41.6 Å². The normalized spacial score (nSPS) is 22.1. The summed E-state index contributed by atoms with van der Waals surface area (Å²) in [7, 11) is 0. The van der Waals surface area contributed by atoms with Crippen LogP contribution >= 0.6 is 11.3 Å². The molecule has 0 aromatic carbocycles. The molecule has 2 atom stereocenters. The van der Waals surface area contributed by atoms with Crippen LogP contribution in [0.15, 0.2) is 17.5 Å². The van der Waals surface area contributed by atoms with Crippen LogP contribution < -0.4 is 5.32 Å². The third kappa shape index (κ3) is 4.30. The molecule has 2 unspecified atom stereocenters. The van der Waals surface area contributed by atoms with Gasteiger partial charge >= 0.3 is 0 Å². The minimum Gasteiger partial charge on any atom is -0.376 e. The van der Waals surface area contributed by atoms with Crippen molar-refractivity contribution in [2.75, 3.05) is 26.2 Å². The first-order valence-corrected chi connectivity index (χ1v) is 7.70. The smallest absolute Gasteiger partial charge is 0.237 e. The molecule has 0 saturated carbocycles. The predicted molar refractivity (Wildman–Crippen MR) is 77.5 cm³/mol. The van der Waals surface area contributed by atoms with Gasteiger partial charge in [0.1, 0.15) is 0 Å². The van der Waals surface area contributed by atoms with Crippen molar-refractivity contribution in [1.82, 2.24) is 10.2 Å². The van der Waals surface area contributed by atoms with Crippen LogP contribution in [0.25, 0.3) is 0 Å². The molecule has 106 valence electrons. The number of hydrogen-bond acceptors (Lipinski definition) is 4. The lowest BCUT2D eigenvalue weighted by Gasteiger charge is -2.34. The van der Waals surface area contributed by atoms with Gasteiger partial charge < -0.3 is 10.1 Å². The summed E-state index contributed by atoms with van der Waals surface area (Å²) in [4.78, 5) is 15.6. The van der Waals surface area contributed by atoms with Crippen LogP contribution in [-0.2, 0) is 16.0 Å². The van der Waals surface area contributed by atoms with Gasteiger partial charge in [-0.2, -0.15) is 0 Å². The highest BCUT2D eigenvalue weighted by molar-refractivity contribution is 7.09. The van der Waals surface area contributed by atoms with Crippen LogP contribution in [0.1, 0.15) is 18.7 Å². The lowest BCUT2D eigenvalue weighted by Crippen LogP contribution is -2.51. The summed E-state index contributed by atoms with van der Waals surface area (Å²) in [5.74, 6) is 0.116. The van der Waals surface area contributed by atoms with Gasteiger partial charge in [-0.3, -0.25) is 9.69 Å². The van der Waals surface area contributed by atoms with E-state index in [-0.39, 0.29) is 18.1 Å². The Kier molecular flexibility index (Phi) is 5.36. The molecule has 1 aliphatic heterocycles. The van der Waals surface area contributed by atoms with E-state index in [9.17, 15) is 4.79 Å². The Hall–Kier alpha value is -0.910. The first-order chi connectivity index (χ1) is 9.16. The lowest BCUT2D eigenvalue weighted by atomic mass is 10.2. The van der Waals surface area contributed by atoms with Gasteiger partial charge in [0.05, 0.1) is 18.8 Å². The maximum atomic E-state index is 12.1. The van der Waals surface area contributed by atoms with E-state index < -0.39 is 0 Å². The minimum absolute atomic E-state index is 0.0744. The molecule has 0 bridgehead atoms. The van der Waals surface area contributed by atoms with Crippen molar-refractivity contribution < 1.29 is 9.53 Å². The van der Waals surface area contributed by atoms with Crippen molar-refractivity contribution in [2.45, 2.75) is 32.4 Å². The number of amides is 1. The number of nitrogens with one attached hydrogen (secondary N) is 1. The van der Waals surface area contributed by atoms with Gasteiger partial charge in [0, 0.05) is 24.5 Å². The SMILES string of the molecule is CC1CN(C(C)C(=O)NCCc2cccs2)CCO1. The van der Waals surface area contributed by atoms with Crippen LogP contribution in [0.2, 0.25) is 0 Å². The molecule has 0 spiro atoms. The first kappa shape index (κ1) is 14.5. The van der Waals surface area contributed by atoms with Gasteiger partial charge in [-0.15, -0.1) is 11.3 Å². The Labute approximate surface area is 118 Å². The average molecular weight is 282 g/mol. The number of ether oxygens (including phenoxy) is 1. The van der Waals surface area contributed by atoms with Gasteiger partial charge in [0.2, 0.25) is 5.91 Å². The highest BCUT2D eigenvalue weighted by Gasteiger charge is 2.25. The van der Waals surface area contributed by atoms with Crippen molar-refractivity contribution in [1.29, 1.82) is 0 Å². The van der Waals surface area contributed by atoms with Crippen LogP contribution in [0, 0.1) is 0 Å². The Morgan fingerprint density at radius 1 is 1.68 bits per heavy atom.